The van der Waals surface area contributed by atoms with E-state index in [1.165, 1.54) is 11.0 Å². The van der Waals surface area contributed by atoms with E-state index >= 15 is 0 Å². The molecule has 2 unspecified atom stereocenters. The molecule has 0 aromatic rings. The van der Waals surface area contributed by atoms with E-state index in [9.17, 15) is 19.5 Å². The van der Waals surface area contributed by atoms with Gasteiger partial charge in [0.1, 0.15) is 18.2 Å². The number of nitrogens with zero attached hydrogens (tertiary/aromatic N) is 3. The number of ether oxygens (including phenoxy) is 3. The van der Waals surface area contributed by atoms with Gasteiger partial charge in [-0.2, -0.15) is 0 Å². The monoisotopic (exact) mass is 491 g/mol. The lowest BCUT2D eigenvalue weighted by molar-refractivity contribution is -0.155. The maximum absolute atomic E-state index is 14.1. The molecule has 4 fully saturated rings. The average Bonchev–Trinajstić information content (AvgIpc) is 3.52. The topological polar surface area (TPSA) is 109 Å². The zero-order chi connectivity index (χ0) is 25.2. The first-order valence-corrected chi connectivity index (χ1v) is 12.5. The van der Waals surface area contributed by atoms with Crippen LogP contribution in [0.15, 0.2) is 25.3 Å². The van der Waals surface area contributed by atoms with Gasteiger partial charge in [0.2, 0.25) is 11.8 Å². The second-order valence-corrected chi connectivity index (χ2v) is 9.78. The summed E-state index contributed by atoms with van der Waals surface area (Å²) in [6.45, 7) is 13.2. The van der Waals surface area contributed by atoms with Gasteiger partial charge in [-0.15, -0.1) is 6.58 Å². The number of amides is 2. The van der Waals surface area contributed by atoms with Gasteiger partial charge in [-0.3, -0.25) is 19.3 Å². The van der Waals surface area contributed by atoms with Crippen LogP contribution in [0.4, 0.5) is 0 Å². The van der Waals surface area contributed by atoms with Crippen molar-refractivity contribution in [3.8, 4) is 0 Å². The highest BCUT2D eigenvalue weighted by atomic mass is 16.6. The summed E-state index contributed by atoms with van der Waals surface area (Å²) in [6.07, 6.45) is 3.75. The number of carbonyl (C=O) groups is 3. The average molecular weight is 492 g/mol. The Labute approximate surface area is 206 Å². The van der Waals surface area contributed by atoms with Crippen LogP contribution in [0.3, 0.4) is 0 Å². The van der Waals surface area contributed by atoms with E-state index in [1.807, 2.05) is 0 Å². The molecule has 1 N–H and O–H groups in total. The second-order valence-electron chi connectivity index (χ2n) is 9.78. The fourth-order valence-electron chi connectivity index (χ4n) is 6.14. The number of hydrogen-bond donors (Lipinski definition) is 1. The van der Waals surface area contributed by atoms with E-state index in [-0.39, 0.29) is 25.0 Å². The Morgan fingerprint density at radius 1 is 1.31 bits per heavy atom. The van der Waals surface area contributed by atoms with Crippen LogP contribution >= 0.6 is 0 Å². The summed E-state index contributed by atoms with van der Waals surface area (Å²) < 4.78 is 17.1. The van der Waals surface area contributed by atoms with Crippen LogP contribution in [-0.4, -0.2) is 121 Å². The number of aliphatic hydroxyl groups is 1. The van der Waals surface area contributed by atoms with E-state index in [2.05, 4.69) is 18.1 Å². The van der Waals surface area contributed by atoms with Crippen LogP contribution < -0.4 is 0 Å². The molecule has 2 bridgehead atoms. The molecule has 0 radical (unpaired) electrons. The van der Waals surface area contributed by atoms with E-state index in [4.69, 9.17) is 14.2 Å². The van der Waals surface area contributed by atoms with Crippen molar-refractivity contribution >= 4 is 17.8 Å². The molecule has 35 heavy (non-hydrogen) atoms. The fraction of sp³-hybridized carbons (Fsp3) is 0.720. The highest BCUT2D eigenvalue weighted by Crippen LogP contribution is 2.59. The van der Waals surface area contributed by atoms with Gasteiger partial charge in [0, 0.05) is 32.7 Å². The smallest absolute Gasteiger partial charge is 0.312 e. The Bertz CT molecular complexity index is 845. The van der Waals surface area contributed by atoms with Crippen LogP contribution in [-0.2, 0) is 28.6 Å². The minimum absolute atomic E-state index is 0.0454. The number of carbonyl (C=O) groups excluding carboxylic acids is 3. The summed E-state index contributed by atoms with van der Waals surface area (Å²) >= 11 is 0. The summed E-state index contributed by atoms with van der Waals surface area (Å²) in [6, 6.07) is -1.53. The number of fused-ring (bicyclic) bond motifs is 1. The predicted molar refractivity (Wildman–Crippen MR) is 126 cm³/mol. The molecule has 1 spiro atoms. The molecule has 6 atom stereocenters. The van der Waals surface area contributed by atoms with Crippen molar-refractivity contribution < 1.29 is 33.7 Å². The normalized spacial score (nSPS) is 32.9. The highest BCUT2D eigenvalue weighted by molar-refractivity contribution is 5.98. The predicted octanol–water partition coefficient (Wildman–Crippen LogP) is -0.182. The molecule has 0 aromatic carbocycles. The summed E-state index contributed by atoms with van der Waals surface area (Å²) in [5.41, 5.74) is -1.11. The first kappa shape index (κ1) is 25.8. The first-order valence-electron chi connectivity index (χ1n) is 12.5. The largest absolute Gasteiger partial charge is 0.461 e. The molecule has 4 heterocycles. The Morgan fingerprint density at radius 2 is 2.06 bits per heavy atom. The van der Waals surface area contributed by atoms with E-state index in [1.54, 1.807) is 17.9 Å². The molecule has 4 aliphatic heterocycles. The number of hydrogen-bond acceptors (Lipinski definition) is 8. The lowest BCUT2D eigenvalue weighted by Gasteiger charge is -2.39. The molecule has 10 nitrogen and oxygen atoms in total. The zero-order valence-electron chi connectivity index (χ0n) is 20.5. The van der Waals surface area contributed by atoms with Crippen molar-refractivity contribution in [2.75, 3.05) is 59.2 Å². The number of rotatable bonds is 11. The summed E-state index contributed by atoms with van der Waals surface area (Å²) in [4.78, 5) is 46.2. The maximum Gasteiger partial charge on any atom is 0.312 e. The lowest BCUT2D eigenvalue weighted by atomic mass is 9.70. The van der Waals surface area contributed by atoms with Gasteiger partial charge < -0.3 is 29.1 Å². The SMILES string of the molecule is C=CCOC(=O)[C@@H]1[C@@H]2CCC3(O2)C(C(=O)N(CC=C)CCN2CCOCC2)N([C@H](C)CO)C(=O)[C@H]13. The van der Waals surface area contributed by atoms with Gasteiger partial charge in [-0.1, -0.05) is 18.7 Å². The van der Waals surface area contributed by atoms with E-state index in [0.717, 1.165) is 13.1 Å². The van der Waals surface area contributed by atoms with E-state index < -0.39 is 41.6 Å². The Morgan fingerprint density at radius 3 is 2.71 bits per heavy atom. The van der Waals surface area contributed by atoms with Crippen molar-refractivity contribution in [2.45, 2.75) is 43.6 Å². The molecule has 194 valence electrons. The molecule has 2 amide bonds. The molecule has 10 heteroatoms. The van der Waals surface area contributed by atoms with Crippen LogP contribution in [0, 0.1) is 11.8 Å². The van der Waals surface area contributed by atoms with Crippen LogP contribution in [0.2, 0.25) is 0 Å². The van der Waals surface area contributed by atoms with Gasteiger partial charge in [-0.05, 0) is 19.8 Å². The molecule has 0 aromatic heterocycles. The zero-order valence-corrected chi connectivity index (χ0v) is 20.5. The van der Waals surface area contributed by atoms with Crippen molar-refractivity contribution in [1.82, 2.24) is 14.7 Å². The number of likely N-dealkylation sites (tertiary alicyclic amines) is 1. The van der Waals surface area contributed by atoms with Crippen molar-refractivity contribution in [3.63, 3.8) is 0 Å². The molecule has 4 saturated heterocycles. The number of aliphatic hydroxyl groups excluding tert-OH is 1. The van der Waals surface area contributed by atoms with E-state index in [0.29, 0.717) is 45.7 Å². The maximum atomic E-state index is 14.1. The van der Waals surface area contributed by atoms with Crippen molar-refractivity contribution in [3.05, 3.63) is 25.3 Å². The Hall–Kier alpha value is -2.27. The quantitative estimate of drug-likeness (QED) is 0.313. The third kappa shape index (κ3) is 4.52. The lowest BCUT2D eigenvalue weighted by Crippen LogP contribution is -2.59. The summed E-state index contributed by atoms with van der Waals surface area (Å²) in [5.74, 6) is -2.67. The molecular formula is C25H37N3O7. The highest BCUT2D eigenvalue weighted by Gasteiger charge is 2.75. The first-order chi connectivity index (χ1) is 16.9. The standard InChI is InChI=1S/C25H37N3O7/c1-4-8-27(10-9-26-11-14-33-15-12-26)23(31)21-25-7-6-18(35-25)19(24(32)34-13-5-2)20(25)22(30)28(21)17(3)16-29/h4-5,17-21,29H,1-2,6-16H2,3H3/t17-,18+,19-,20+,21?,25?/m1/s1. The van der Waals surface area contributed by atoms with Gasteiger partial charge in [-0.25, -0.2) is 0 Å². The second kappa shape index (κ2) is 10.8. The fourth-order valence-corrected chi connectivity index (χ4v) is 6.14. The molecule has 4 rings (SSSR count). The number of morpholine rings is 1. The van der Waals surface area contributed by atoms with Crippen LogP contribution in [0.1, 0.15) is 19.8 Å². The molecular weight excluding hydrogens is 454 g/mol. The minimum Gasteiger partial charge on any atom is -0.461 e. The van der Waals surface area contributed by atoms with Gasteiger partial charge in [0.15, 0.2) is 0 Å². The third-order valence-electron chi connectivity index (χ3n) is 7.78. The van der Waals surface area contributed by atoms with Gasteiger partial charge in [0.05, 0.1) is 43.8 Å². The molecule has 4 aliphatic rings. The van der Waals surface area contributed by atoms with Crippen LogP contribution in [0.25, 0.3) is 0 Å². The summed E-state index contributed by atoms with van der Waals surface area (Å²) in [5, 5.41) is 9.95. The van der Waals surface area contributed by atoms with Gasteiger partial charge >= 0.3 is 5.97 Å². The molecule has 0 aliphatic carbocycles. The third-order valence-corrected chi connectivity index (χ3v) is 7.78. The number of esters is 1. The van der Waals surface area contributed by atoms with Crippen molar-refractivity contribution in [2.24, 2.45) is 11.8 Å². The van der Waals surface area contributed by atoms with Gasteiger partial charge in [0.25, 0.3) is 0 Å². The molecule has 0 saturated carbocycles. The minimum atomic E-state index is -1.11. The van der Waals surface area contributed by atoms with Crippen molar-refractivity contribution in [1.29, 1.82) is 0 Å². The summed E-state index contributed by atoms with van der Waals surface area (Å²) in [7, 11) is 0. The van der Waals surface area contributed by atoms with Crippen LogP contribution in [0.5, 0.6) is 0 Å². The Kier molecular flexibility index (Phi) is 7.95. The Balaban J connectivity index is 1.62.